The maximum atomic E-state index is 12.6. The second-order valence-corrected chi connectivity index (χ2v) is 6.11. The number of hydrogen-bond donors (Lipinski definition) is 2. The van der Waals surface area contributed by atoms with Gasteiger partial charge in [0.1, 0.15) is 5.82 Å². The van der Waals surface area contributed by atoms with Gasteiger partial charge >= 0.3 is 5.97 Å². The lowest BCUT2D eigenvalue weighted by Gasteiger charge is -2.14. The third kappa shape index (κ3) is 3.59. The van der Waals surface area contributed by atoms with Crippen LogP contribution in [0.1, 0.15) is 63.1 Å². The van der Waals surface area contributed by atoms with E-state index in [0.717, 1.165) is 5.56 Å². The lowest BCUT2D eigenvalue weighted by molar-refractivity contribution is 0.0695. The van der Waals surface area contributed by atoms with Crippen LogP contribution in [-0.2, 0) is 0 Å². The molecule has 126 valence electrons. The molecule has 2 aromatic rings. The van der Waals surface area contributed by atoms with Gasteiger partial charge in [-0.3, -0.25) is 4.79 Å². The summed E-state index contributed by atoms with van der Waals surface area (Å²) in [5.41, 5.74) is 3.15. The Labute approximate surface area is 141 Å². The second-order valence-electron chi connectivity index (χ2n) is 6.11. The van der Waals surface area contributed by atoms with Gasteiger partial charge in [0.05, 0.1) is 16.8 Å². The fourth-order valence-corrected chi connectivity index (χ4v) is 2.51. The number of carbonyl (C=O) groups is 2. The quantitative estimate of drug-likeness (QED) is 0.897. The fourth-order valence-electron chi connectivity index (χ4n) is 2.51. The summed E-state index contributed by atoms with van der Waals surface area (Å²) in [5, 5.41) is 12.0. The van der Waals surface area contributed by atoms with E-state index in [1.165, 1.54) is 12.3 Å². The number of amides is 1. The molecule has 0 saturated carbocycles. The van der Waals surface area contributed by atoms with Crippen molar-refractivity contribution >= 4 is 17.6 Å². The largest absolute Gasteiger partial charge is 0.478 e. The highest BCUT2D eigenvalue weighted by Gasteiger charge is 2.18. The van der Waals surface area contributed by atoms with Gasteiger partial charge in [0.25, 0.3) is 5.91 Å². The van der Waals surface area contributed by atoms with Gasteiger partial charge in [0, 0.05) is 11.9 Å². The molecule has 0 aliphatic heterocycles. The van der Waals surface area contributed by atoms with E-state index in [2.05, 4.69) is 15.3 Å². The molecule has 1 aromatic carbocycles. The highest BCUT2D eigenvalue weighted by Crippen LogP contribution is 2.23. The zero-order valence-electron chi connectivity index (χ0n) is 14.5. The first-order valence-corrected chi connectivity index (χ1v) is 7.70. The average Bonchev–Trinajstić information content (AvgIpc) is 2.49. The fraction of sp³-hybridized carbons (Fsp3) is 0.333. The molecular weight excluding hydrogens is 306 g/mol. The number of anilines is 1. The van der Waals surface area contributed by atoms with E-state index < -0.39 is 5.97 Å². The second kappa shape index (κ2) is 6.78. The van der Waals surface area contributed by atoms with Crippen molar-refractivity contribution in [3.63, 3.8) is 0 Å². The first-order valence-electron chi connectivity index (χ1n) is 7.70. The number of rotatable bonds is 4. The first kappa shape index (κ1) is 17.6. The minimum atomic E-state index is -1.02. The molecule has 0 aliphatic rings. The molecule has 24 heavy (non-hydrogen) atoms. The number of nitrogens with zero attached hydrogens (tertiary/aromatic N) is 2. The summed E-state index contributed by atoms with van der Waals surface area (Å²) >= 11 is 0. The zero-order valence-corrected chi connectivity index (χ0v) is 14.5. The smallest absolute Gasteiger partial charge is 0.336 e. The van der Waals surface area contributed by atoms with Crippen LogP contribution < -0.4 is 5.32 Å². The lowest BCUT2D eigenvalue weighted by atomic mass is 10.0. The molecule has 2 N–H and O–H groups in total. The van der Waals surface area contributed by atoms with Crippen LogP contribution in [0.2, 0.25) is 0 Å². The van der Waals surface area contributed by atoms with Crippen molar-refractivity contribution in [1.82, 2.24) is 9.97 Å². The topological polar surface area (TPSA) is 92.2 Å². The van der Waals surface area contributed by atoms with Crippen LogP contribution in [0.25, 0.3) is 0 Å². The van der Waals surface area contributed by atoms with Gasteiger partial charge in [-0.05, 0) is 43.9 Å². The number of carboxylic acid groups (broad SMARTS) is 1. The number of aryl methyl sites for hydroxylation is 3. The first-order chi connectivity index (χ1) is 11.2. The summed E-state index contributed by atoms with van der Waals surface area (Å²) in [6.45, 7) is 9.24. The number of nitrogens with one attached hydrogen (secondary N) is 1. The molecule has 1 aromatic heterocycles. The van der Waals surface area contributed by atoms with Crippen LogP contribution in [-0.4, -0.2) is 27.0 Å². The Morgan fingerprint density at radius 2 is 1.75 bits per heavy atom. The van der Waals surface area contributed by atoms with Crippen molar-refractivity contribution in [2.24, 2.45) is 0 Å². The number of carbonyl (C=O) groups excluding carboxylic acids is 1. The highest BCUT2D eigenvalue weighted by molar-refractivity contribution is 6.06. The predicted molar refractivity (Wildman–Crippen MR) is 91.7 cm³/mol. The molecule has 6 heteroatoms. The van der Waals surface area contributed by atoms with Gasteiger partial charge in [0.15, 0.2) is 0 Å². The van der Waals surface area contributed by atoms with Gasteiger partial charge in [-0.25, -0.2) is 14.8 Å². The van der Waals surface area contributed by atoms with E-state index in [1.807, 2.05) is 20.8 Å². The Morgan fingerprint density at radius 1 is 1.08 bits per heavy atom. The minimum absolute atomic E-state index is 0.0705. The van der Waals surface area contributed by atoms with Crippen LogP contribution in [0.3, 0.4) is 0 Å². The summed E-state index contributed by atoms with van der Waals surface area (Å²) in [7, 11) is 0. The van der Waals surface area contributed by atoms with Crippen LogP contribution in [0.4, 0.5) is 5.69 Å². The molecule has 1 amide bonds. The third-order valence-corrected chi connectivity index (χ3v) is 3.78. The van der Waals surface area contributed by atoms with Crippen LogP contribution >= 0.6 is 0 Å². The van der Waals surface area contributed by atoms with Crippen LogP contribution in [0.15, 0.2) is 18.3 Å². The average molecular weight is 327 g/mol. The maximum absolute atomic E-state index is 12.6. The SMILES string of the molecule is Cc1ncc(C(=O)Nc2cc(C(=O)O)c(C)cc2C)c(C(C)C)n1. The summed E-state index contributed by atoms with van der Waals surface area (Å²) in [6, 6.07) is 3.23. The molecule has 6 nitrogen and oxygen atoms in total. The highest BCUT2D eigenvalue weighted by atomic mass is 16.4. The summed E-state index contributed by atoms with van der Waals surface area (Å²) < 4.78 is 0. The molecule has 1 heterocycles. The van der Waals surface area contributed by atoms with E-state index in [1.54, 1.807) is 19.9 Å². The van der Waals surface area contributed by atoms with E-state index in [0.29, 0.717) is 28.3 Å². The van der Waals surface area contributed by atoms with E-state index in [-0.39, 0.29) is 17.4 Å². The number of carboxylic acids is 1. The van der Waals surface area contributed by atoms with Crippen molar-refractivity contribution in [1.29, 1.82) is 0 Å². The molecular formula is C18H21N3O3. The molecule has 0 unspecified atom stereocenters. The van der Waals surface area contributed by atoms with Gasteiger partial charge in [0.2, 0.25) is 0 Å². The number of hydrogen-bond acceptors (Lipinski definition) is 4. The Morgan fingerprint density at radius 3 is 2.33 bits per heavy atom. The number of benzene rings is 1. The molecule has 0 fully saturated rings. The van der Waals surface area contributed by atoms with E-state index in [9.17, 15) is 14.7 Å². The standard InChI is InChI=1S/C18H21N3O3/c1-9(2)16-14(8-19-12(5)20-16)17(22)21-15-7-13(18(23)24)10(3)6-11(15)4/h6-9H,1-5H3,(H,21,22)(H,23,24). The van der Waals surface area contributed by atoms with Gasteiger partial charge in [-0.1, -0.05) is 19.9 Å². The van der Waals surface area contributed by atoms with Gasteiger partial charge in [-0.2, -0.15) is 0 Å². The summed E-state index contributed by atoms with van der Waals surface area (Å²) in [6.07, 6.45) is 1.51. The van der Waals surface area contributed by atoms with Gasteiger partial charge in [-0.15, -0.1) is 0 Å². The Balaban J connectivity index is 2.41. The summed E-state index contributed by atoms with van der Waals surface area (Å²) in [4.78, 5) is 32.4. The minimum Gasteiger partial charge on any atom is -0.478 e. The number of aromatic carboxylic acids is 1. The van der Waals surface area contributed by atoms with Crippen LogP contribution in [0.5, 0.6) is 0 Å². The molecule has 0 bridgehead atoms. The van der Waals surface area contributed by atoms with Crippen molar-refractivity contribution in [3.05, 3.63) is 52.1 Å². The lowest BCUT2D eigenvalue weighted by Crippen LogP contribution is -2.18. The van der Waals surface area contributed by atoms with E-state index >= 15 is 0 Å². The van der Waals surface area contributed by atoms with Crippen molar-refractivity contribution in [3.8, 4) is 0 Å². The van der Waals surface area contributed by atoms with Crippen molar-refractivity contribution in [2.45, 2.75) is 40.5 Å². The molecule has 0 aliphatic carbocycles. The molecule has 0 saturated heterocycles. The number of aromatic nitrogens is 2. The van der Waals surface area contributed by atoms with Crippen molar-refractivity contribution in [2.75, 3.05) is 5.32 Å². The zero-order chi connectivity index (χ0) is 18.0. The Hall–Kier alpha value is -2.76. The molecule has 0 atom stereocenters. The van der Waals surface area contributed by atoms with E-state index in [4.69, 9.17) is 0 Å². The molecule has 0 radical (unpaired) electrons. The monoisotopic (exact) mass is 327 g/mol. The summed E-state index contributed by atoms with van der Waals surface area (Å²) in [5.74, 6) is -0.692. The molecule has 2 rings (SSSR count). The normalized spacial score (nSPS) is 10.8. The predicted octanol–water partition coefficient (Wildman–Crippen LogP) is 3.48. The van der Waals surface area contributed by atoms with Gasteiger partial charge < -0.3 is 10.4 Å². The van der Waals surface area contributed by atoms with Crippen molar-refractivity contribution < 1.29 is 14.7 Å². The Bertz CT molecular complexity index is 813. The Kier molecular flexibility index (Phi) is 4.97. The van der Waals surface area contributed by atoms with Crippen LogP contribution in [0, 0.1) is 20.8 Å². The maximum Gasteiger partial charge on any atom is 0.336 e. The third-order valence-electron chi connectivity index (χ3n) is 3.78. The molecule has 0 spiro atoms.